The number of piperidine rings is 1. The van der Waals surface area contributed by atoms with E-state index < -0.39 is 21.6 Å². The molecule has 2 aliphatic heterocycles. The van der Waals surface area contributed by atoms with E-state index in [1.807, 2.05) is 43.3 Å². The van der Waals surface area contributed by atoms with Crippen LogP contribution in [0.5, 0.6) is 5.75 Å². The summed E-state index contributed by atoms with van der Waals surface area (Å²) >= 11 is 0. The van der Waals surface area contributed by atoms with Gasteiger partial charge in [-0.15, -0.1) is 0 Å². The molecular weight excluding hydrogens is 477 g/mol. The van der Waals surface area contributed by atoms with Crippen molar-refractivity contribution in [1.82, 2.24) is 9.21 Å². The van der Waals surface area contributed by atoms with Crippen molar-refractivity contribution in [3.63, 3.8) is 0 Å². The van der Waals surface area contributed by atoms with Gasteiger partial charge < -0.3 is 5.11 Å². The molecule has 0 bridgehead atoms. The molecule has 8 heteroatoms. The zero-order chi connectivity index (χ0) is 25.7. The van der Waals surface area contributed by atoms with Gasteiger partial charge in [0.25, 0.3) is 0 Å². The van der Waals surface area contributed by atoms with Crippen molar-refractivity contribution in [2.75, 3.05) is 24.4 Å². The highest BCUT2D eigenvalue weighted by molar-refractivity contribution is 7.90. The van der Waals surface area contributed by atoms with Crippen molar-refractivity contribution in [3.05, 3.63) is 83.7 Å². The summed E-state index contributed by atoms with van der Waals surface area (Å²) < 4.78 is 43.5. The fourth-order valence-electron chi connectivity index (χ4n) is 5.88. The monoisotopic (exact) mass is 509 g/mol. The number of aryl methyl sites for hydroxylation is 1. The van der Waals surface area contributed by atoms with Crippen LogP contribution in [-0.4, -0.2) is 54.4 Å². The fraction of sp³-hybridized carbons (Fsp3) is 0.357. The second kappa shape index (κ2) is 9.18. The summed E-state index contributed by atoms with van der Waals surface area (Å²) in [5.41, 5.74) is 3.76. The Morgan fingerprint density at radius 2 is 1.83 bits per heavy atom. The summed E-state index contributed by atoms with van der Waals surface area (Å²) in [6, 6.07) is 19.7. The van der Waals surface area contributed by atoms with Gasteiger partial charge in [0.2, 0.25) is 0 Å². The number of likely N-dealkylation sites (N-methyl/N-ethyl adjacent to an activating group) is 1. The van der Waals surface area contributed by atoms with E-state index in [0.29, 0.717) is 38.2 Å². The van der Waals surface area contributed by atoms with Crippen LogP contribution in [0.15, 0.2) is 66.7 Å². The maximum Gasteiger partial charge on any atom is 0.304 e. The second-order valence-corrected chi connectivity index (χ2v) is 12.1. The molecule has 0 aliphatic carbocycles. The van der Waals surface area contributed by atoms with Crippen LogP contribution in [0.4, 0.5) is 10.1 Å². The van der Waals surface area contributed by atoms with E-state index in [2.05, 4.69) is 11.8 Å². The van der Waals surface area contributed by atoms with Crippen LogP contribution >= 0.6 is 0 Å². The quantitative estimate of drug-likeness (QED) is 0.542. The molecule has 3 aromatic carbocycles. The van der Waals surface area contributed by atoms with Gasteiger partial charge in [0.1, 0.15) is 11.6 Å². The fourth-order valence-corrected chi connectivity index (χ4v) is 7.65. The molecule has 0 aromatic heterocycles. The van der Waals surface area contributed by atoms with E-state index in [-0.39, 0.29) is 11.8 Å². The molecule has 2 atom stereocenters. The summed E-state index contributed by atoms with van der Waals surface area (Å²) in [7, 11) is -2.14. The number of rotatable bonds is 4. The Labute approximate surface area is 212 Å². The third kappa shape index (κ3) is 4.27. The van der Waals surface area contributed by atoms with E-state index in [9.17, 15) is 17.9 Å². The van der Waals surface area contributed by atoms with Gasteiger partial charge >= 0.3 is 10.2 Å². The summed E-state index contributed by atoms with van der Waals surface area (Å²) in [5, 5.41) is 10.5. The maximum atomic E-state index is 14.1. The highest BCUT2D eigenvalue weighted by atomic mass is 32.2. The van der Waals surface area contributed by atoms with E-state index >= 15 is 0 Å². The Kier molecular flexibility index (Phi) is 6.31. The molecule has 2 saturated heterocycles. The molecule has 0 radical (unpaired) electrons. The number of aromatic hydroxyl groups is 1. The van der Waals surface area contributed by atoms with Crippen LogP contribution in [0.3, 0.4) is 0 Å². The van der Waals surface area contributed by atoms with Gasteiger partial charge in [-0.25, -0.2) is 4.39 Å². The molecule has 0 saturated carbocycles. The normalized spacial score (nSPS) is 24.4. The van der Waals surface area contributed by atoms with Gasteiger partial charge in [0.05, 0.1) is 11.2 Å². The van der Waals surface area contributed by atoms with Crippen molar-refractivity contribution in [2.45, 2.75) is 44.8 Å². The third-order valence-electron chi connectivity index (χ3n) is 7.66. The minimum absolute atomic E-state index is 0.104. The van der Waals surface area contributed by atoms with Crippen LogP contribution in [0.1, 0.15) is 30.9 Å². The van der Waals surface area contributed by atoms with Gasteiger partial charge in [-0.05, 0) is 73.7 Å². The Morgan fingerprint density at radius 1 is 1.06 bits per heavy atom. The number of anilines is 1. The number of hydrogen-bond donors (Lipinski definition) is 1. The Morgan fingerprint density at radius 3 is 2.56 bits per heavy atom. The Hall–Kier alpha value is -2.94. The number of phenols is 1. The van der Waals surface area contributed by atoms with Crippen LogP contribution in [0.2, 0.25) is 0 Å². The lowest BCUT2D eigenvalue weighted by Gasteiger charge is -2.47. The number of halogens is 1. The zero-order valence-electron chi connectivity index (χ0n) is 20.9. The van der Waals surface area contributed by atoms with Crippen molar-refractivity contribution >= 4 is 15.9 Å². The molecule has 2 aliphatic rings. The molecule has 36 heavy (non-hydrogen) atoms. The average Bonchev–Trinajstić information content (AvgIpc) is 3.01. The molecule has 5 rings (SSSR count). The molecule has 3 aromatic rings. The van der Waals surface area contributed by atoms with E-state index in [1.165, 1.54) is 20.7 Å². The van der Waals surface area contributed by atoms with Gasteiger partial charge in [-0.1, -0.05) is 36.4 Å². The standard InChI is InChI=1S/C28H32FN3O3S/c1-20-7-4-5-10-25(20)26-15-22(11-12-27(26)33)18-31-14-13-28(17-21(31)2)19-30(3)36(34,35)32(28)24-9-6-8-23(29)16-24/h4-12,15-16,21,33H,13-14,17-19H2,1-3H3/t21-,28+/m0/s1. The first-order chi connectivity index (χ1) is 17.1. The maximum absolute atomic E-state index is 14.1. The van der Waals surface area contributed by atoms with Crippen molar-refractivity contribution < 1.29 is 17.9 Å². The Bertz CT molecular complexity index is 1400. The van der Waals surface area contributed by atoms with Crippen LogP contribution in [0, 0.1) is 12.7 Å². The van der Waals surface area contributed by atoms with E-state index in [4.69, 9.17) is 0 Å². The third-order valence-corrected chi connectivity index (χ3v) is 9.64. The van der Waals surface area contributed by atoms with Gasteiger partial charge in [-0.3, -0.25) is 9.21 Å². The highest BCUT2D eigenvalue weighted by Crippen LogP contribution is 2.44. The van der Waals surface area contributed by atoms with Gasteiger partial charge in [-0.2, -0.15) is 12.7 Å². The number of hydrogen-bond acceptors (Lipinski definition) is 4. The van der Waals surface area contributed by atoms with Crippen molar-refractivity contribution in [1.29, 1.82) is 0 Å². The zero-order valence-corrected chi connectivity index (χ0v) is 21.7. The molecular formula is C28H32FN3O3S. The first-order valence-corrected chi connectivity index (χ1v) is 13.6. The lowest BCUT2D eigenvalue weighted by Crippen LogP contribution is -2.57. The highest BCUT2D eigenvalue weighted by Gasteiger charge is 2.55. The topological polar surface area (TPSA) is 64.1 Å². The molecule has 0 amide bonds. The molecule has 1 N–H and O–H groups in total. The first kappa shape index (κ1) is 24.7. The lowest BCUT2D eigenvalue weighted by atomic mass is 9.82. The van der Waals surface area contributed by atoms with Crippen LogP contribution in [-0.2, 0) is 16.8 Å². The summed E-state index contributed by atoms with van der Waals surface area (Å²) in [5.74, 6) is -0.196. The number of phenolic OH excluding ortho intramolecular Hbond substituents is 1. The van der Waals surface area contributed by atoms with E-state index in [0.717, 1.165) is 22.3 Å². The first-order valence-electron chi connectivity index (χ1n) is 12.2. The smallest absolute Gasteiger partial charge is 0.304 e. The van der Waals surface area contributed by atoms with Crippen molar-refractivity contribution in [2.24, 2.45) is 0 Å². The molecule has 1 spiro atoms. The van der Waals surface area contributed by atoms with Crippen molar-refractivity contribution in [3.8, 4) is 16.9 Å². The largest absolute Gasteiger partial charge is 0.507 e. The molecule has 2 fully saturated rings. The van der Waals surface area contributed by atoms with Crippen LogP contribution < -0.4 is 4.31 Å². The SMILES string of the molecule is Cc1ccccc1-c1cc(CN2CC[C@@]3(C[C@@H]2C)CN(C)S(=O)(=O)N3c2cccc(F)c2)ccc1O. The number of nitrogens with zero attached hydrogens (tertiary/aromatic N) is 3. The number of benzene rings is 3. The molecule has 6 nitrogen and oxygen atoms in total. The molecule has 190 valence electrons. The predicted octanol–water partition coefficient (Wildman–Crippen LogP) is 4.93. The molecule has 2 heterocycles. The van der Waals surface area contributed by atoms with Gasteiger partial charge in [0, 0.05) is 38.3 Å². The van der Waals surface area contributed by atoms with Gasteiger partial charge in [0.15, 0.2) is 0 Å². The van der Waals surface area contributed by atoms with Crippen LogP contribution in [0.25, 0.3) is 11.1 Å². The van der Waals surface area contributed by atoms with E-state index in [1.54, 1.807) is 25.2 Å². The second-order valence-electron chi connectivity index (χ2n) is 10.2. The molecule has 0 unspecified atom stereocenters. The lowest BCUT2D eigenvalue weighted by molar-refractivity contribution is 0.100. The minimum atomic E-state index is -3.73. The average molecular weight is 510 g/mol. The predicted molar refractivity (Wildman–Crippen MR) is 141 cm³/mol. The Balaban J connectivity index is 1.40. The minimum Gasteiger partial charge on any atom is -0.507 e. The summed E-state index contributed by atoms with van der Waals surface area (Å²) in [6.45, 7) is 5.93. The number of likely N-dealkylation sites (tertiary alicyclic amines) is 1. The summed E-state index contributed by atoms with van der Waals surface area (Å²) in [6.07, 6.45) is 1.27. The summed E-state index contributed by atoms with van der Waals surface area (Å²) in [4.78, 5) is 2.36.